The summed E-state index contributed by atoms with van der Waals surface area (Å²) in [6.07, 6.45) is 1.56. The standard InChI is InChI=1S/C15H17ClN2O3S/c1-15(2,3)18-8-11(19)14(22-18)17-13(20)10-7-9(16)5-6-12(10)21-4/h5-8,19H,1-4H3. The molecule has 0 aliphatic heterocycles. The SMILES string of the molecule is COc1ccc(Cl)cc1C(=O)N=c1sn(C(C)(C)C)cc1O. The van der Waals surface area contributed by atoms with Gasteiger partial charge >= 0.3 is 0 Å². The van der Waals surface area contributed by atoms with Crippen LogP contribution in [0, 0.1) is 0 Å². The highest BCUT2D eigenvalue weighted by molar-refractivity contribution is 7.04. The van der Waals surface area contributed by atoms with Crippen molar-refractivity contribution >= 4 is 29.0 Å². The van der Waals surface area contributed by atoms with Crippen molar-refractivity contribution in [3.63, 3.8) is 0 Å². The molecule has 2 aromatic rings. The van der Waals surface area contributed by atoms with E-state index in [1.54, 1.807) is 18.3 Å². The maximum atomic E-state index is 12.3. The quantitative estimate of drug-likeness (QED) is 0.911. The van der Waals surface area contributed by atoms with Crippen molar-refractivity contribution in [2.24, 2.45) is 4.99 Å². The molecule has 5 nitrogen and oxygen atoms in total. The summed E-state index contributed by atoms with van der Waals surface area (Å²) in [5.41, 5.74) is 0.0531. The highest BCUT2D eigenvalue weighted by Gasteiger charge is 2.17. The van der Waals surface area contributed by atoms with E-state index in [2.05, 4.69) is 4.99 Å². The molecular weight excluding hydrogens is 324 g/mol. The number of aromatic nitrogens is 1. The molecule has 1 amide bonds. The number of aromatic hydroxyl groups is 1. The van der Waals surface area contributed by atoms with Crippen molar-refractivity contribution in [3.05, 3.63) is 39.7 Å². The van der Waals surface area contributed by atoms with E-state index in [9.17, 15) is 9.90 Å². The summed E-state index contributed by atoms with van der Waals surface area (Å²) in [7, 11) is 1.47. The van der Waals surface area contributed by atoms with Crippen molar-refractivity contribution in [1.29, 1.82) is 0 Å². The highest BCUT2D eigenvalue weighted by atomic mass is 35.5. The minimum Gasteiger partial charge on any atom is -0.504 e. The third-order valence-electron chi connectivity index (χ3n) is 2.90. The molecule has 1 aromatic carbocycles. The van der Waals surface area contributed by atoms with Gasteiger partial charge in [0.1, 0.15) is 5.75 Å². The van der Waals surface area contributed by atoms with Gasteiger partial charge in [0.25, 0.3) is 5.91 Å². The summed E-state index contributed by atoms with van der Waals surface area (Å²) in [5, 5.41) is 10.4. The molecule has 1 aromatic heterocycles. The lowest BCUT2D eigenvalue weighted by Crippen LogP contribution is -2.18. The summed E-state index contributed by atoms with van der Waals surface area (Å²) in [6.45, 7) is 5.98. The van der Waals surface area contributed by atoms with Gasteiger partial charge in [0.05, 0.1) is 18.9 Å². The van der Waals surface area contributed by atoms with Gasteiger partial charge in [-0.1, -0.05) is 11.6 Å². The summed E-state index contributed by atoms with van der Waals surface area (Å²) in [5.74, 6) is -0.162. The smallest absolute Gasteiger partial charge is 0.282 e. The lowest BCUT2D eigenvalue weighted by atomic mass is 10.1. The van der Waals surface area contributed by atoms with Crippen LogP contribution in [0.25, 0.3) is 0 Å². The lowest BCUT2D eigenvalue weighted by molar-refractivity contribution is 0.0995. The number of ether oxygens (including phenoxy) is 1. The largest absolute Gasteiger partial charge is 0.504 e. The molecule has 1 N–H and O–H groups in total. The number of carbonyl (C=O) groups excluding carboxylic acids is 1. The third kappa shape index (κ3) is 3.51. The Kier molecular flexibility index (Phi) is 4.63. The summed E-state index contributed by atoms with van der Waals surface area (Å²) >= 11 is 7.13. The van der Waals surface area contributed by atoms with Gasteiger partial charge in [-0.05, 0) is 50.5 Å². The Labute approximate surface area is 137 Å². The fraction of sp³-hybridized carbons (Fsp3) is 0.333. The number of amides is 1. The van der Waals surface area contributed by atoms with Crippen molar-refractivity contribution in [2.75, 3.05) is 7.11 Å². The Balaban J connectivity index is 2.48. The van der Waals surface area contributed by atoms with E-state index in [4.69, 9.17) is 16.3 Å². The number of halogens is 1. The molecule has 0 atom stereocenters. The normalized spacial score (nSPS) is 12.5. The topological polar surface area (TPSA) is 63.8 Å². The van der Waals surface area contributed by atoms with E-state index < -0.39 is 5.91 Å². The summed E-state index contributed by atoms with van der Waals surface area (Å²) < 4.78 is 7.23. The maximum absolute atomic E-state index is 12.3. The van der Waals surface area contributed by atoms with Crippen LogP contribution in [0.1, 0.15) is 31.1 Å². The van der Waals surface area contributed by atoms with Gasteiger partial charge in [-0.2, -0.15) is 4.99 Å². The molecule has 0 fully saturated rings. The van der Waals surface area contributed by atoms with Gasteiger partial charge in [-0.15, -0.1) is 0 Å². The average Bonchev–Trinajstić information content (AvgIpc) is 2.80. The van der Waals surface area contributed by atoms with E-state index in [-0.39, 0.29) is 21.5 Å². The van der Waals surface area contributed by atoms with Gasteiger partial charge in [0, 0.05) is 10.6 Å². The van der Waals surface area contributed by atoms with Gasteiger partial charge < -0.3 is 9.84 Å². The van der Waals surface area contributed by atoms with E-state index >= 15 is 0 Å². The molecule has 0 aliphatic carbocycles. The first-order valence-corrected chi connectivity index (χ1v) is 7.72. The molecule has 0 saturated carbocycles. The second-order valence-electron chi connectivity index (χ2n) is 5.67. The molecule has 0 radical (unpaired) electrons. The Morgan fingerprint density at radius 1 is 1.41 bits per heavy atom. The fourth-order valence-corrected chi connectivity index (χ4v) is 2.80. The van der Waals surface area contributed by atoms with Crippen LogP contribution in [0.15, 0.2) is 29.4 Å². The maximum Gasteiger partial charge on any atom is 0.282 e. The Morgan fingerprint density at radius 2 is 2.09 bits per heavy atom. The van der Waals surface area contributed by atoms with Crippen LogP contribution < -0.4 is 9.41 Å². The first-order chi connectivity index (χ1) is 10.2. The van der Waals surface area contributed by atoms with Crippen LogP contribution in [-0.4, -0.2) is 22.1 Å². The first-order valence-electron chi connectivity index (χ1n) is 6.57. The minimum absolute atomic E-state index is 0.0331. The van der Waals surface area contributed by atoms with Crippen molar-refractivity contribution in [2.45, 2.75) is 26.3 Å². The van der Waals surface area contributed by atoms with Crippen LogP contribution in [0.2, 0.25) is 5.02 Å². The lowest BCUT2D eigenvalue weighted by Gasteiger charge is -2.18. The van der Waals surface area contributed by atoms with E-state index in [0.717, 1.165) is 0 Å². The van der Waals surface area contributed by atoms with Gasteiger partial charge in [0.15, 0.2) is 10.4 Å². The zero-order valence-electron chi connectivity index (χ0n) is 12.8. The highest BCUT2D eigenvalue weighted by Crippen LogP contribution is 2.24. The van der Waals surface area contributed by atoms with Crippen LogP contribution in [0.3, 0.4) is 0 Å². The van der Waals surface area contributed by atoms with Crippen LogP contribution in [-0.2, 0) is 5.54 Å². The predicted octanol–water partition coefficient (Wildman–Crippen LogP) is 3.41. The first kappa shape index (κ1) is 16.6. The minimum atomic E-state index is -0.516. The molecule has 22 heavy (non-hydrogen) atoms. The Morgan fingerprint density at radius 3 is 2.64 bits per heavy atom. The van der Waals surface area contributed by atoms with Gasteiger partial charge in [-0.3, -0.25) is 8.75 Å². The van der Waals surface area contributed by atoms with Crippen molar-refractivity contribution in [3.8, 4) is 11.5 Å². The number of benzene rings is 1. The number of carbonyl (C=O) groups is 1. The molecule has 0 unspecified atom stereocenters. The molecule has 1 heterocycles. The number of nitrogens with zero attached hydrogens (tertiary/aromatic N) is 2. The third-order valence-corrected chi connectivity index (χ3v) is 4.46. The predicted molar refractivity (Wildman–Crippen MR) is 86.9 cm³/mol. The Hall–Kier alpha value is -1.79. The van der Waals surface area contributed by atoms with Crippen molar-refractivity contribution in [1.82, 2.24) is 3.96 Å². The summed E-state index contributed by atoms with van der Waals surface area (Å²) in [4.78, 5) is 16.3. The molecule has 0 bridgehead atoms. The summed E-state index contributed by atoms with van der Waals surface area (Å²) in [6, 6.07) is 4.73. The van der Waals surface area contributed by atoms with Crippen LogP contribution >= 0.6 is 23.1 Å². The zero-order chi connectivity index (χ0) is 16.5. The van der Waals surface area contributed by atoms with Crippen molar-refractivity contribution < 1.29 is 14.6 Å². The van der Waals surface area contributed by atoms with Crippen LogP contribution in [0.4, 0.5) is 0 Å². The van der Waals surface area contributed by atoms with Gasteiger partial charge in [0.2, 0.25) is 0 Å². The number of rotatable bonds is 2. The molecule has 0 saturated heterocycles. The average molecular weight is 341 g/mol. The number of methoxy groups -OCH3 is 1. The number of hydrogen-bond acceptors (Lipinski definition) is 4. The van der Waals surface area contributed by atoms with Gasteiger partial charge in [-0.25, -0.2) is 0 Å². The number of hydrogen-bond donors (Lipinski definition) is 1. The molecule has 0 spiro atoms. The van der Waals surface area contributed by atoms with Crippen LogP contribution in [0.5, 0.6) is 11.5 Å². The molecule has 7 heteroatoms. The van der Waals surface area contributed by atoms with E-state index in [0.29, 0.717) is 10.8 Å². The molecular formula is C15H17ClN2O3S. The Bertz CT molecular complexity index is 772. The monoisotopic (exact) mass is 340 g/mol. The second-order valence-corrected chi connectivity index (χ2v) is 7.07. The van der Waals surface area contributed by atoms with E-state index in [1.807, 2.05) is 24.7 Å². The molecule has 2 rings (SSSR count). The van der Waals surface area contributed by atoms with E-state index in [1.165, 1.54) is 24.7 Å². The fourth-order valence-electron chi connectivity index (χ4n) is 1.74. The molecule has 0 aliphatic rings. The molecule has 118 valence electrons. The zero-order valence-corrected chi connectivity index (χ0v) is 14.3. The second kappa shape index (κ2) is 6.14.